The number of nitrogens with two attached hydrogens (primary N) is 1. The first-order valence-corrected chi connectivity index (χ1v) is 11.3. The molecule has 0 unspecified atom stereocenters. The van der Waals surface area contributed by atoms with Gasteiger partial charge in [0.25, 0.3) is 0 Å². The molecule has 0 aromatic heterocycles. The van der Waals surface area contributed by atoms with E-state index in [2.05, 4.69) is 58.0 Å². The first kappa shape index (κ1) is 21.8. The lowest BCUT2D eigenvalue weighted by atomic mass is 9.89. The van der Waals surface area contributed by atoms with Crippen LogP contribution in [-0.2, 0) is 11.3 Å². The number of piperazine rings is 1. The molecule has 0 saturated carbocycles. The molecule has 3 N–H and O–H groups in total. The average molecular weight is 423 g/mol. The van der Waals surface area contributed by atoms with Gasteiger partial charge in [0.15, 0.2) is 0 Å². The summed E-state index contributed by atoms with van der Waals surface area (Å²) in [4.78, 5) is 19.0. The predicted molar refractivity (Wildman–Crippen MR) is 124 cm³/mol. The van der Waals surface area contributed by atoms with E-state index >= 15 is 0 Å². The maximum Gasteiger partial charge on any atom is 0.236 e. The number of aryl methyl sites for hydroxylation is 1. The van der Waals surface area contributed by atoms with E-state index in [9.17, 15) is 9.90 Å². The van der Waals surface area contributed by atoms with Crippen LogP contribution in [0.1, 0.15) is 24.0 Å². The maximum atomic E-state index is 12.2. The van der Waals surface area contributed by atoms with Crippen molar-refractivity contribution in [3.63, 3.8) is 0 Å². The van der Waals surface area contributed by atoms with Crippen LogP contribution in [0, 0.1) is 6.92 Å². The number of benzene rings is 2. The van der Waals surface area contributed by atoms with Gasteiger partial charge >= 0.3 is 0 Å². The van der Waals surface area contributed by atoms with Crippen molar-refractivity contribution >= 4 is 11.6 Å². The molecule has 6 nitrogen and oxygen atoms in total. The Morgan fingerprint density at radius 2 is 1.71 bits per heavy atom. The van der Waals surface area contributed by atoms with E-state index in [0.29, 0.717) is 25.9 Å². The maximum absolute atomic E-state index is 12.2. The number of nitrogens with zero attached hydrogens (tertiary/aromatic N) is 3. The van der Waals surface area contributed by atoms with E-state index in [1.807, 2.05) is 18.2 Å². The number of piperidine rings is 1. The topological polar surface area (TPSA) is 73.0 Å². The van der Waals surface area contributed by atoms with Crippen molar-refractivity contribution in [2.45, 2.75) is 38.0 Å². The lowest BCUT2D eigenvalue weighted by Gasteiger charge is -2.46. The smallest absolute Gasteiger partial charge is 0.236 e. The van der Waals surface area contributed by atoms with Crippen LogP contribution in [0.5, 0.6) is 0 Å². The Morgan fingerprint density at radius 3 is 2.39 bits per heavy atom. The number of anilines is 1. The molecule has 31 heavy (non-hydrogen) atoms. The van der Waals surface area contributed by atoms with E-state index in [-0.39, 0.29) is 11.9 Å². The van der Waals surface area contributed by atoms with E-state index in [0.717, 1.165) is 32.7 Å². The van der Waals surface area contributed by atoms with Gasteiger partial charge in [-0.3, -0.25) is 14.6 Å². The van der Waals surface area contributed by atoms with Crippen molar-refractivity contribution in [2.75, 3.05) is 44.2 Å². The molecule has 2 aromatic carbocycles. The number of hydrogen-bond donors (Lipinski definition) is 2. The summed E-state index contributed by atoms with van der Waals surface area (Å²) in [6.07, 6.45) is 1.38. The van der Waals surface area contributed by atoms with Crippen LogP contribution in [0.3, 0.4) is 0 Å². The quantitative estimate of drug-likeness (QED) is 0.745. The summed E-state index contributed by atoms with van der Waals surface area (Å²) in [7, 11) is 0. The molecule has 1 amide bonds. The van der Waals surface area contributed by atoms with E-state index in [4.69, 9.17) is 5.73 Å². The standard InChI is InChI=1S/C25H34N4O2/c1-20-7-5-6-10-22(20)28-13-11-25(31,12-14-28)19-29-16-15-27(18-23(29)24(26)30)17-21-8-3-2-4-9-21/h2-10,23,31H,11-19H2,1H3,(H2,26,30)/t23-/m1/s1. The Morgan fingerprint density at radius 1 is 1.03 bits per heavy atom. The van der Waals surface area contributed by atoms with Crippen LogP contribution < -0.4 is 10.6 Å². The molecular formula is C25H34N4O2. The minimum atomic E-state index is -0.783. The summed E-state index contributed by atoms with van der Waals surface area (Å²) in [5.74, 6) is -0.307. The van der Waals surface area contributed by atoms with Crippen LogP contribution in [0.4, 0.5) is 5.69 Å². The van der Waals surface area contributed by atoms with Gasteiger partial charge in [-0.1, -0.05) is 48.5 Å². The summed E-state index contributed by atoms with van der Waals surface area (Å²) >= 11 is 0. The predicted octanol–water partition coefficient (Wildman–Crippen LogP) is 2.00. The Balaban J connectivity index is 1.36. The number of carbonyl (C=O) groups is 1. The zero-order valence-corrected chi connectivity index (χ0v) is 18.4. The molecule has 2 heterocycles. The third-order valence-corrected chi connectivity index (χ3v) is 6.80. The number of aliphatic hydroxyl groups is 1. The highest BCUT2D eigenvalue weighted by molar-refractivity contribution is 5.80. The Kier molecular flexibility index (Phi) is 6.60. The second-order valence-electron chi connectivity index (χ2n) is 9.11. The molecular weight excluding hydrogens is 388 g/mol. The molecule has 166 valence electrons. The van der Waals surface area contributed by atoms with Crippen LogP contribution in [0.2, 0.25) is 0 Å². The number of amides is 1. The van der Waals surface area contributed by atoms with Crippen molar-refractivity contribution in [2.24, 2.45) is 5.73 Å². The number of para-hydroxylation sites is 1. The summed E-state index contributed by atoms with van der Waals surface area (Å²) < 4.78 is 0. The highest BCUT2D eigenvalue weighted by Gasteiger charge is 2.39. The lowest BCUT2D eigenvalue weighted by Crippen LogP contribution is -2.62. The fraction of sp³-hybridized carbons (Fsp3) is 0.480. The Bertz CT molecular complexity index is 880. The van der Waals surface area contributed by atoms with Gasteiger partial charge in [-0.15, -0.1) is 0 Å². The van der Waals surface area contributed by atoms with Gasteiger partial charge in [-0.05, 0) is 37.0 Å². The van der Waals surface area contributed by atoms with Gasteiger partial charge in [0.05, 0.1) is 5.60 Å². The molecule has 2 aromatic rings. The Labute approximate surface area is 185 Å². The number of hydrogen-bond acceptors (Lipinski definition) is 5. The molecule has 1 atom stereocenters. The van der Waals surface area contributed by atoms with E-state index in [1.165, 1.54) is 16.8 Å². The highest BCUT2D eigenvalue weighted by atomic mass is 16.3. The second-order valence-corrected chi connectivity index (χ2v) is 9.11. The molecule has 4 rings (SSSR count). The van der Waals surface area contributed by atoms with Crippen LogP contribution >= 0.6 is 0 Å². The molecule has 0 bridgehead atoms. The molecule has 6 heteroatoms. The largest absolute Gasteiger partial charge is 0.388 e. The SMILES string of the molecule is Cc1ccccc1N1CCC(O)(CN2CCN(Cc3ccccc3)C[C@@H]2C(N)=O)CC1. The van der Waals surface area contributed by atoms with Crippen LogP contribution in [0.25, 0.3) is 0 Å². The zero-order valence-electron chi connectivity index (χ0n) is 18.4. The van der Waals surface area contributed by atoms with Crippen molar-refractivity contribution in [3.05, 3.63) is 65.7 Å². The first-order chi connectivity index (χ1) is 14.9. The number of carbonyl (C=O) groups excluding carboxylic acids is 1. The fourth-order valence-corrected chi connectivity index (χ4v) is 4.94. The fourth-order valence-electron chi connectivity index (χ4n) is 4.94. The zero-order chi connectivity index (χ0) is 21.8. The van der Waals surface area contributed by atoms with Gasteiger partial charge in [0.1, 0.15) is 6.04 Å². The normalized spacial score (nSPS) is 22.4. The Hall–Kier alpha value is -2.41. The third kappa shape index (κ3) is 5.26. The third-order valence-electron chi connectivity index (χ3n) is 6.80. The monoisotopic (exact) mass is 422 g/mol. The second kappa shape index (κ2) is 9.39. The van der Waals surface area contributed by atoms with Gasteiger partial charge in [0, 0.05) is 51.5 Å². The van der Waals surface area contributed by atoms with E-state index in [1.54, 1.807) is 0 Å². The minimum Gasteiger partial charge on any atom is -0.388 e. The van der Waals surface area contributed by atoms with Crippen LogP contribution in [0.15, 0.2) is 54.6 Å². The molecule has 2 saturated heterocycles. The van der Waals surface area contributed by atoms with Gasteiger partial charge in [-0.2, -0.15) is 0 Å². The van der Waals surface area contributed by atoms with Crippen molar-refractivity contribution in [3.8, 4) is 0 Å². The summed E-state index contributed by atoms with van der Waals surface area (Å²) in [5.41, 5.74) is 8.74. The van der Waals surface area contributed by atoms with Gasteiger partial charge in [-0.25, -0.2) is 0 Å². The van der Waals surface area contributed by atoms with Crippen molar-refractivity contribution < 1.29 is 9.90 Å². The van der Waals surface area contributed by atoms with Crippen molar-refractivity contribution in [1.29, 1.82) is 0 Å². The number of rotatable bonds is 6. The molecule has 2 aliphatic heterocycles. The minimum absolute atomic E-state index is 0.307. The highest BCUT2D eigenvalue weighted by Crippen LogP contribution is 2.30. The molecule has 0 aliphatic carbocycles. The summed E-state index contributed by atoms with van der Waals surface area (Å²) in [6, 6.07) is 18.3. The van der Waals surface area contributed by atoms with E-state index < -0.39 is 5.60 Å². The molecule has 0 spiro atoms. The summed E-state index contributed by atoms with van der Waals surface area (Å²) in [6.45, 7) is 7.29. The summed E-state index contributed by atoms with van der Waals surface area (Å²) in [5, 5.41) is 11.3. The first-order valence-electron chi connectivity index (χ1n) is 11.3. The van der Waals surface area contributed by atoms with Gasteiger partial charge < -0.3 is 15.7 Å². The van der Waals surface area contributed by atoms with Crippen LogP contribution in [-0.4, -0.2) is 71.7 Å². The number of primary amides is 1. The lowest BCUT2D eigenvalue weighted by molar-refractivity contribution is -0.128. The number of β-amino-alcohol motifs (C(OH)–C–C–N with tert-alkyl or cyclic N) is 1. The van der Waals surface area contributed by atoms with Gasteiger partial charge in [0.2, 0.25) is 5.91 Å². The average Bonchev–Trinajstić information content (AvgIpc) is 2.76. The molecule has 0 radical (unpaired) electrons. The molecule has 2 aliphatic rings. The van der Waals surface area contributed by atoms with Crippen molar-refractivity contribution in [1.82, 2.24) is 9.80 Å². The molecule has 2 fully saturated rings.